The van der Waals surface area contributed by atoms with Gasteiger partial charge in [0.15, 0.2) is 11.5 Å². The molecule has 0 atom stereocenters. The molecule has 168 valence electrons. The number of methoxy groups -OCH3 is 2. The average molecular weight is 455 g/mol. The summed E-state index contributed by atoms with van der Waals surface area (Å²) in [5.41, 5.74) is 2.02. The van der Waals surface area contributed by atoms with Crippen LogP contribution in [-0.4, -0.2) is 35.5 Å². The largest absolute Gasteiger partial charge is 0.494 e. The van der Waals surface area contributed by atoms with Gasteiger partial charge in [-0.05, 0) is 60.4 Å². The van der Waals surface area contributed by atoms with Crippen molar-refractivity contribution in [3.8, 4) is 17.2 Å². The Labute approximate surface area is 188 Å². The van der Waals surface area contributed by atoms with Gasteiger partial charge in [0.05, 0.1) is 31.9 Å². The van der Waals surface area contributed by atoms with Crippen LogP contribution >= 0.6 is 0 Å². The van der Waals surface area contributed by atoms with E-state index in [9.17, 15) is 8.42 Å². The molecule has 0 amide bonds. The molecule has 0 saturated heterocycles. The van der Waals surface area contributed by atoms with Gasteiger partial charge in [0.2, 0.25) is 0 Å². The smallest absolute Gasteiger partial charge is 0.276 e. The molecular weight excluding hydrogens is 428 g/mol. The van der Waals surface area contributed by atoms with Crippen LogP contribution in [0.3, 0.4) is 0 Å². The van der Waals surface area contributed by atoms with E-state index in [0.717, 1.165) is 24.2 Å². The summed E-state index contributed by atoms with van der Waals surface area (Å²) >= 11 is 0. The first-order valence-electron chi connectivity index (χ1n) is 10.1. The Morgan fingerprint density at radius 2 is 1.62 bits per heavy atom. The monoisotopic (exact) mass is 454 g/mol. The minimum Gasteiger partial charge on any atom is -0.494 e. The maximum Gasteiger partial charge on any atom is 0.276 e. The molecular formula is C24H26N2O5S. The maximum atomic E-state index is 12.5. The number of hydrogen-bond donors (Lipinski definition) is 1. The van der Waals surface area contributed by atoms with Crippen LogP contribution in [0.15, 0.2) is 82.8 Å². The molecule has 0 fully saturated rings. The number of ether oxygens (including phenoxy) is 3. The number of aryl methyl sites for hydroxylation is 1. The summed E-state index contributed by atoms with van der Waals surface area (Å²) < 4.78 is 40.9. The third-order valence-electron chi connectivity index (χ3n) is 4.65. The topological polar surface area (TPSA) is 86.2 Å². The van der Waals surface area contributed by atoms with Crippen molar-refractivity contribution in [2.45, 2.75) is 17.7 Å². The van der Waals surface area contributed by atoms with Crippen molar-refractivity contribution >= 4 is 16.2 Å². The standard InChI is InChI=1S/C24H26N2O5S/c1-29-23-15-14-22(17-24(23)30-2)32(27,28)26-25-18-20-10-12-21(13-11-20)31-16-6-9-19-7-4-3-5-8-19/h3-5,7-8,10-15,17-18,26H,6,9,16H2,1-2H3/b25-18+. The van der Waals surface area contributed by atoms with E-state index in [0.29, 0.717) is 18.1 Å². The second-order valence-corrected chi connectivity index (χ2v) is 8.54. The lowest BCUT2D eigenvalue weighted by Gasteiger charge is -2.09. The fourth-order valence-electron chi connectivity index (χ4n) is 2.97. The van der Waals surface area contributed by atoms with Crippen LogP contribution in [0.2, 0.25) is 0 Å². The molecule has 3 aromatic rings. The van der Waals surface area contributed by atoms with Gasteiger partial charge in [-0.25, -0.2) is 4.83 Å². The molecule has 3 rings (SSSR count). The van der Waals surface area contributed by atoms with Crippen molar-refractivity contribution in [2.24, 2.45) is 5.10 Å². The first-order valence-corrected chi connectivity index (χ1v) is 11.5. The molecule has 0 heterocycles. The summed E-state index contributed by atoms with van der Waals surface area (Å²) in [6.07, 6.45) is 3.31. The van der Waals surface area contributed by atoms with Crippen molar-refractivity contribution in [1.82, 2.24) is 4.83 Å². The highest BCUT2D eigenvalue weighted by Crippen LogP contribution is 2.29. The molecule has 0 aliphatic heterocycles. The molecule has 0 unspecified atom stereocenters. The minimum atomic E-state index is -3.84. The highest BCUT2D eigenvalue weighted by molar-refractivity contribution is 7.89. The second kappa shape index (κ2) is 11.2. The van der Waals surface area contributed by atoms with Gasteiger partial charge in [-0.1, -0.05) is 30.3 Å². The van der Waals surface area contributed by atoms with Gasteiger partial charge in [0.1, 0.15) is 5.75 Å². The first kappa shape index (κ1) is 23.1. The summed E-state index contributed by atoms with van der Waals surface area (Å²) in [5.74, 6) is 1.51. The van der Waals surface area contributed by atoms with E-state index in [1.807, 2.05) is 30.3 Å². The number of rotatable bonds is 11. The number of hydrogen-bond acceptors (Lipinski definition) is 6. The third kappa shape index (κ3) is 6.49. The van der Waals surface area contributed by atoms with Crippen LogP contribution in [0.5, 0.6) is 17.2 Å². The molecule has 0 bridgehead atoms. The van der Waals surface area contributed by atoms with Gasteiger partial charge in [0.25, 0.3) is 10.0 Å². The number of nitrogens with zero attached hydrogens (tertiary/aromatic N) is 1. The normalized spacial score (nSPS) is 11.3. The van der Waals surface area contributed by atoms with E-state index in [2.05, 4.69) is 22.1 Å². The van der Waals surface area contributed by atoms with E-state index < -0.39 is 10.0 Å². The van der Waals surface area contributed by atoms with Crippen LogP contribution in [-0.2, 0) is 16.4 Å². The van der Waals surface area contributed by atoms with Gasteiger partial charge in [-0.3, -0.25) is 0 Å². The van der Waals surface area contributed by atoms with Crippen LogP contribution in [0.1, 0.15) is 17.5 Å². The number of benzene rings is 3. The zero-order valence-corrected chi connectivity index (χ0v) is 18.8. The molecule has 32 heavy (non-hydrogen) atoms. The third-order valence-corrected chi connectivity index (χ3v) is 5.87. The van der Waals surface area contributed by atoms with Crippen molar-refractivity contribution in [3.05, 3.63) is 83.9 Å². The Kier molecular flexibility index (Phi) is 8.10. The van der Waals surface area contributed by atoms with Crippen molar-refractivity contribution in [1.29, 1.82) is 0 Å². The number of nitrogens with one attached hydrogen (secondary N) is 1. The lowest BCUT2D eigenvalue weighted by Crippen LogP contribution is -2.18. The van der Waals surface area contributed by atoms with E-state index in [1.165, 1.54) is 44.2 Å². The first-order chi connectivity index (χ1) is 15.5. The highest BCUT2D eigenvalue weighted by atomic mass is 32.2. The van der Waals surface area contributed by atoms with Crippen LogP contribution in [0.25, 0.3) is 0 Å². The summed E-state index contributed by atoms with van der Waals surface area (Å²) in [7, 11) is -0.919. The van der Waals surface area contributed by atoms with Crippen molar-refractivity contribution < 1.29 is 22.6 Å². The quantitative estimate of drug-likeness (QED) is 0.269. The predicted octanol–water partition coefficient (Wildman–Crippen LogP) is 4.03. The Balaban J connectivity index is 1.51. The maximum absolute atomic E-state index is 12.5. The predicted molar refractivity (Wildman–Crippen MR) is 124 cm³/mol. The lowest BCUT2D eigenvalue weighted by atomic mass is 10.1. The molecule has 0 aliphatic rings. The van der Waals surface area contributed by atoms with E-state index in [-0.39, 0.29) is 4.90 Å². The molecule has 0 saturated carbocycles. The Morgan fingerprint density at radius 3 is 2.31 bits per heavy atom. The summed E-state index contributed by atoms with van der Waals surface area (Å²) in [4.78, 5) is 2.22. The number of hydrazone groups is 1. The Morgan fingerprint density at radius 1 is 0.906 bits per heavy atom. The van der Waals surface area contributed by atoms with Gasteiger partial charge in [-0.15, -0.1) is 0 Å². The SMILES string of the molecule is COc1ccc(S(=O)(=O)N/N=C/c2ccc(OCCCc3ccccc3)cc2)cc1OC. The molecule has 0 aliphatic carbocycles. The summed E-state index contributed by atoms with van der Waals surface area (Å²) in [6.45, 7) is 0.619. The fourth-order valence-corrected chi connectivity index (χ4v) is 3.77. The van der Waals surface area contributed by atoms with E-state index in [4.69, 9.17) is 14.2 Å². The molecule has 0 spiro atoms. The zero-order chi connectivity index (χ0) is 22.8. The summed E-state index contributed by atoms with van der Waals surface area (Å²) in [5, 5.41) is 3.85. The second-order valence-electron chi connectivity index (χ2n) is 6.88. The van der Waals surface area contributed by atoms with Crippen LogP contribution in [0, 0.1) is 0 Å². The van der Waals surface area contributed by atoms with E-state index in [1.54, 1.807) is 12.1 Å². The highest BCUT2D eigenvalue weighted by Gasteiger charge is 2.16. The average Bonchev–Trinajstić information content (AvgIpc) is 2.83. The summed E-state index contributed by atoms with van der Waals surface area (Å²) in [6, 6.07) is 21.9. The van der Waals surface area contributed by atoms with Gasteiger partial charge < -0.3 is 14.2 Å². The Hall–Kier alpha value is -3.52. The fraction of sp³-hybridized carbons (Fsp3) is 0.208. The van der Waals surface area contributed by atoms with Crippen LogP contribution in [0.4, 0.5) is 0 Å². The van der Waals surface area contributed by atoms with Crippen LogP contribution < -0.4 is 19.0 Å². The molecule has 1 N–H and O–H groups in total. The van der Waals surface area contributed by atoms with Crippen molar-refractivity contribution in [2.75, 3.05) is 20.8 Å². The zero-order valence-electron chi connectivity index (χ0n) is 18.0. The molecule has 3 aromatic carbocycles. The molecule has 8 heteroatoms. The van der Waals surface area contributed by atoms with Crippen molar-refractivity contribution in [3.63, 3.8) is 0 Å². The van der Waals surface area contributed by atoms with Gasteiger partial charge >= 0.3 is 0 Å². The van der Waals surface area contributed by atoms with Gasteiger partial charge in [0, 0.05) is 6.07 Å². The molecule has 7 nitrogen and oxygen atoms in total. The lowest BCUT2D eigenvalue weighted by molar-refractivity contribution is 0.311. The number of sulfonamides is 1. The van der Waals surface area contributed by atoms with E-state index >= 15 is 0 Å². The Bertz CT molecular complexity index is 1130. The molecule has 0 aromatic heterocycles. The molecule has 0 radical (unpaired) electrons. The van der Waals surface area contributed by atoms with Gasteiger partial charge in [-0.2, -0.15) is 13.5 Å². The minimum absolute atomic E-state index is 0.0200.